The van der Waals surface area contributed by atoms with Crippen LogP contribution < -0.4 is 4.90 Å². The molecule has 1 aliphatic heterocycles. The number of fused-ring (bicyclic) bond motifs is 1. The molecule has 0 spiro atoms. The van der Waals surface area contributed by atoms with Crippen LogP contribution in [-0.2, 0) is 4.74 Å². The predicted octanol–water partition coefficient (Wildman–Crippen LogP) is 3.90. The van der Waals surface area contributed by atoms with Crippen LogP contribution in [0.1, 0.15) is 9.67 Å². The van der Waals surface area contributed by atoms with Crippen molar-refractivity contribution in [1.82, 2.24) is 9.88 Å². The van der Waals surface area contributed by atoms with Gasteiger partial charge in [-0.05, 0) is 18.2 Å². The van der Waals surface area contributed by atoms with Crippen LogP contribution in [0.4, 0.5) is 10.1 Å². The molecule has 3 heterocycles. The summed E-state index contributed by atoms with van der Waals surface area (Å²) >= 11 is 8.50. The van der Waals surface area contributed by atoms with Crippen LogP contribution in [-0.4, -0.2) is 60.1 Å². The van der Waals surface area contributed by atoms with E-state index in [2.05, 4.69) is 9.88 Å². The first-order valence-electron chi connectivity index (χ1n) is 8.94. The van der Waals surface area contributed by atoms with Crippen LogP contribution in [0.2, 0.25) is 5.02 Å². The Hall–Kier alpha value is -2.11. The summed E-state index contributed by atoms with van der Waals surface area (Å²) in [6, 6.07) is 8.36. The quantitative estimate of drug-likeness (QED) is 0.416. The maximum atomic E-state index is 13.2. The molecule has 0 aliphatic carbocycles. The zero-order valence-electron chi connectivity index (χ0n) is 15.2. The molecule has 0 unspecified atom stereocenters. The minimum atomic E-state index is -0.489. The van der Waals surface area contributed by atoms with Crippen molar-refractivity contribution in [2.75, 3.05) is 44.3 Å². The Morgan fingerprint density at radius 1 is 1.28 bits per heavy atom. The van der Waals surface area contributed by atoms with Crippen molar-refractivity contribution in [1.29, 1.82) is 0 Å². The van der Waals surface area contributed by atoms with Crippen molar-refractivity contribution in [2.24, 2.45) is 0 Å². The number of anilines is 1. The zero-order chi connectivity index (χ0) is 20.4. The van der Waals surface area contributed by atoms with Gasteiger partial charge in [-0.25, -0.2) is 4.98 Å². The number of carbonyl (C=O) groups is 1. The maximum Gasteiger partial charge on any atom is 0.324 e. The number of carbonyl (C=O) groups excluding carboxylic acids is 1. The summed E-state index contributed by atoms with van der Waals surface area (Å²) < 4.78 is 6.26. The maximum absolute atomic E-state index is 13.2. The molecule has 1 saturated heterocycles. The third-order valence-corrected chi connectivity index (χ3v) is 6.93. The van der Waals surface area contributed by atoms with Gasteiger partial charge >= 0.3 is 5.00 Å². The number of amides is 1. The summed E-state index contributed by atoms with van der Waals surface area (Å²) in [6.45, 7) is 4.02. The number of thiophene rings is 1. The predicted molar refractivity (Wildman–Crippen MR) is 115 cm³/mol. The van der Waals surface area contributed by atoms with E-state index in [0.717, 1.165) is 29.1 Å². The molecule has 0 N–H and O–H groups in total. The van der Waals surface area contributed by atoms with Crippen LogP contribution in [0.3, 0.4) is 0 Å². The van der Waals surface area contributed by atoms with Crippen molar-refractivity contribution >= 4 is 60.5 Å². The number of hydrogen-bond acceptors (Lipinski definition) is 8. The number of aromatic nitrogens is 1. The van der Waals surface area contributed by atoms with E-state index in [1.807, 2.05) is 12.1 Å². The third kappa shape index (κ3) is 4.41. The van der Waals surface area contributed by atoms with Gasteiger partial charge in [0.1, 0.15) is 5.52 Å². The third-order valence-electron chi connectivity index (χ3n) is 4.56. The minimum Gasteiger partial charge on any atom is -0.379 e. The minimum absolute atomic E-state index is 0.0613. The molecule has 29 heavy (non-hydrogen) atoms. The monoisotopic (exact) mass is 452 g/mol. The molecule has 0 bridgehead atoms. The van der Waals surface area contributed by atoms with Gasteiger partial charge in [0.15, 0.2) is 5.13 Å². The fourth-order valence-corrected chi connectivity index (χ4v) is 5.10. The van der Waals surface area contributed by atoms with Gasteiger partial charge in [-0.2, -0.15) is 0 Å². The van der Waals surface area contributed by atoms with Crippen LogP contribution >= 0.6 is 34.3 Å². The molecule has 2 aromatic heterocycles. The van der Waals surface area contributed by atoms with E-state index < -0.39 is 4.92 Å². The Labute approximate surface area is 179 Å². The highest BCUT2D eigenvalue weighted by atomic mass is 35.5. The van der Waals surface area contributed by atoms with E-state index in [1.165, 1.54) is 23.5 Å². The highest BCUT2D eigenvalue weighted by molar-refractivity contribution is 7.22. The standard InChI is InChI=1S/C18H17ClN4O4S2/c19-12-2-1-3-13-16(12)20-18(29-13)22(7-6-21-8-10-27-11-9-21)17(24)14-4-5-15(28-14)23(25)26/h1-5H,6-11H2. The van der Waals surface area contributed by atoms with Crippen molar-refractivity contribution in [2.45, 2.75) is 0 Å². The number of halogens is 1. The first kappa shape index (κ1) is 20.2. The van der Waals surface area contributed by atoms with Gasteiger partial charge < -0.3 is 4.74 Å². The van der Waals surface area contributed by atoms with Crippen LogP contribution in [0.5, 0.6) is 0 Å². The van der Waals surface area contributed by atoms with Crippen molar-refractivity contribution in [3.05, 3.63) is 50.3 Å². The van der Waals surface area contributed by atoms with E-state index >= 15 is 0 Å². The van der Waals surface area contributed by atoms with Gasteiger partial charge in [-0.3, -0.25) is 24.7 Å². The van der Waals surface area contributed by atoms with E-state index in [0.29, 0.717) is 46.9 Å². The number of rotatable bonds is 6. The van der Waals surface area contributed by atoms with Crippen LogP contribution in [0.15, 0.2) is 30.3 Å². The van der Waals surface area contributed by atoms with Gasteiger partial charge in [0, 0.05) is 32.2 Å². The number of nitro groups is 1. The molecule has 152 valence electrons. The van der Waals surface area contributed by atoms with E-state index in [-0.39, 0.29) is 10.9 Å². The van der Waals surface area contributed by atoms with E-state index in [1.54, 1.807) is 11.0 Å². The number of ether oxygens (including phenoxy) is 1. The van der Waals surface area contributed by atoms with E-state index in [4.69, 9.17) is 16.3 Å². The summed E-state index contributed by atoms with van der Waals surface area (Å²) in [5, 5.41) is 12.0. The molecule has 11 heteroatoms. The highest BCUT2D eigenvalue weighted by Crippen LogP contribution is 2.34. The fraction of sp³-hybridized carbons (Fsp3) is 0.333. The van der Waals surface area contributed by atoms with Crippen molar-refractivity contribution in [3.8, 4) is 0 Å². The van der Waals surface area contributed by atoms with Gasteiger partial charge in [-0.15, -0.1) is 0 Å². The molecule has 1 amide bonds. The summed E-state index contributed by atoms with van der Waals surface area (Å²) in [5.41, 5.74) is 0.649. The Kier molecular flexibility index (Phi) is 6.07. The lowest BCUT2D eigenvalue weighted by Gasteiger charge is -2.29. The topological polar surface area (TPSA) is 88.8 Å². The second-order valence-corrected chi connectivity index (χ2v) is 8.87. The normalized spacial score (nSPS) is 14.9. The molecular formula is C18H17ClN4O4S2. The van der Waals surface area contributed by atoms with Crippen LogP contribution in [0, 0.1) is 10.1 Å². The highest BCUT2D eigenvalue weighted by Gasteiger charge is 2.26. The summed E-state index contributed by atoms with van der Waals surface area (Å²) in [7, 11) is 0. The average molecular weight is 453 g/mol. The Balaban J connectivity index is 1.64. The van der Waals surface area contributed by atoms with E-state index in [9.17, 15) is 14.9 Å². The van der Waals surface area contributed by atoms with Gasteiger partial charge in [0.05, 0.1) is 32.7 Å². The summed E-state index contributed by atoms with van der Waals surface area (Å²) in [6.07, 6.45) is 0. The van der Waals surface area contributed by atoms with Gasteiger partial charge in [0.25, 0.3) is 5.91 Å². The molecule has 1 fully saturated rings. The zero-order valence-corrected chi connectivity index (χ0v) is 17.6. The number of para-hydroxylation sites is 1. The Bertz CT molecular complexity index is 1050. The molecular weight excluding hydrogens is 436 g/mol. The first-order valence-corrected chi connectivity index (χ1v) is 11.0. The Morgan fingerprint density at radius 2 is 2.07 bits per heavy atom. The lowest BCUT2D eigenvalue weighted by molar-refractivity contribution is -0.380. The summed E-state index contributed by atoms with van der Waals surface area (Å²) in [4.78, 5) is 32.4. The Morgan fingerprint density at radius 3 is 2.76 bits per heavy atom. The molecule has 0 atom stereocenters. The molecule has 1 aliphatic rings. The molecule has 8 nitrogen and oxygen atoms in total. The first-order chi connectivity index (χ1) is 14.0. The molecule has 0 radical (unpaired) electrons. The number of thiazole rings is 1. The largest absolute Gasteiger partial charge is 0.379 e. The van der Waals surface area contributed by atoms with Crippen molar-refractivity contribution < 1.29 is 14.5 Å². The SMILES string of the molecule is O=C(c1ccc([N+](=O)[O-])s1)N(CCN1CCOCC1)c1nc2c(Cl)cccc2s1. The summed E-state index contributed by atoms with van der Waals surface area (Å²) in [5.74, 6) is -0.300. The molecule has 1 aromatic carbocycles. The molecule has 3 aromatic rings. The smallest absolute Gasteiger partial charge is 0.324 e. The molecule has 4 rings (SSSR count). The second kappa shape index (κ2) is 8.72. The number of benzene rings is 1. The van der Waals surface area contributed by atoms with Crippen LogP contribution in [0.25, 0.3) is 10.2 Å². The number of nitrogens with zero attached hydrogens (tertiary/aromatic N) is 4. The second-order valence-electron chi connectivity index (χ2n) is 6.39. The fourth-order valence-electron chi connectivity index (χ4n) is 3.04. The number of morpholine rings is 1. The molecule has 0 saturated carbocycles. The number of hydrogen-bond donors (Lipinski definition) is 0. The lowest BCUT2D eigenvalue weighted by Crippen LogP contribution is -2.43. The lowest BCUT2D eigenvalue weighted by atomic mass is 10.3. The van der Waals surface area contributed by atoms with Gasteiger partial charge in [0.2, 0.25) is 0 Å². The van der Waals surface area contributed by atoms with Gasteiger partial charge in [-0.1, -0.05) is 40.3 Å². The van der Waals surface area contributed by atoms with Crippen molar-refractivity contribution in [3.63, 3.8) is 0 Å². The average Bonchev–Trinajstić information content (AvgIpc) is 3.37.